The van der Waals surface area contributed by atoms with Crippen LogP contribution in [-0.4, -0.2) is 0 Å². The smallest absolute Gasteiger partial charge is 0.0991 e. The van der Waals surface area contributed by atoms with Crippen molar-refractivity contribution >= 4 is 0 Å². The highest BCUT2D eigenvalue weighted by molar-refractivity contribution is 5.34. The lowest BCUT2D eigenvalue weighted by atomic mass is 9.74. The van der Waals surface area contributed by atoms with E-state index in [1.807, 2.05) is 12.1 Å². The molecule has 1 heteroatoms. The summed E-state index contributed by atoms with van der Waals surface area (Å²) in [4.78, 5) is 0. The van der Waals surface area contributed by atoms with Gasteiger partial charge in [-0.15, -0.1) is 0 Å². The number of nitriles is 1. The fourth-order valence-corrected chi connectivity index (χ4v) is 4.13. The van der Waals surface area contributed by atoms with E-state index in [1.165, 1.54) is 37.7 Å². The van der Waals surface area contributed by atoms with Crippen LogP contribution in [0, 0.1) is 17.2 Å². The molecule has 2 aromatic rings. The van der Waals surface area contributed by atoms with Crippen molar-refractivity contribution in [3.05, 3.63) is 70.8 Å². The molecule has 0 N–H and O–H groups in total. The lowest BCUT2D eigenvalue weighted by molar-refractivity contribution is 0.394. The fraction of sp³-hybridized carbons (Fsp3) is 0.435. The molecule has 0 spiro atoms. The Morgan fingerprint density at radius 1 is 0.917 bits per heavy atom. The number of benzene rings is 2. The fourth-order valence-electron chi connectivity index (χ4n) is 4.13. The van der Waals surface area contributed by atoms with Gasteiger partial charge in [0.15, 0.2) is 0 Å². The van der Waals surface area contributed by atoms with Crippen LogP contribution >= 0.6 is 0 Å². The highest BCUT2D eigenvalue weighted by atomic mass is 14.3. The summed E-state index contributed by atoms with van der Waals surface area (Å²) in [5.41, 5.74) is 5.30. The van der Waals surface area contributed by atoms with Gasteiger partial charge in [0.1, 0.15) is 0 Å². The van der Waals surface area contributed by atoms with Gasteiger partial charge < -0.3 is 0 Å². The summed E-state index contributed by atoms with van der Waals surface area (Å²) in [7, 11) is 0. The average molecular weight is 317 g/mol. The summed E-state index contributed by atoms with van der Waals surface area (Å²) < 4.78 is 0. The van der Waals surface area contributed by atoms with Crippen LogP contribution in [0.3, 0.4) is 0 Å². The van der Waals surface area contributed by atoms with Crippen LogP contribution in [0.25, 0.3) is 0 Å². The van der Waals surface area contributed by atoms with E-state index >= 15 is 0 Å². The SMILES string of the molecule is CC(C)Cc1ccccc1C1CCC(c2ccc(C#N)cc2)CC1. The first-order chi connectivity index (χ1) is 11.7. The molecule has 2 aromatic carbocycles. The van der Waals surface area contributed by atoms with Crippen molar-refractivity contribution in [1.29, 1.82) is 5.26 Å². The summed E-state index contributed by atoms with van der Waals surface area (Å²) in [5.74, 6) is 2.09. The largest absolute Gasteiger partial charge is 0.192 e. The van der Waals surface area contributed by atoms with E-state index in [9.17, 15) is 0 Å². The summed E-state index contributed by atoms with van der Waals surface area (Å²) >= 11 is 0. The maximum absolute atomic E-state index is 8.94. The molecule has 0 unspecified atom stereocenters. The van der Waals surface area contributed by atoms with Gasteiger partial charge in [0.25, 0.3) is 0 Å². The molecule has 1 aliphatic rings. The Bertz CT molecular complexity index is 698. The second-order valence-electron chi connectivity index (χ2n) is 7.58. The van der Waals surface area contributed by atoms with Gasteiger partial charge in [0.05, 0.1) is 11.6 Å². The van der Waals surface area contributed by atoms with Crippen molar-refractivity contribution in [2.24, 2.45) is 5.92 Å². The Kier molecular flexibility index (Phi) is 5.36. The molecular formula is C23H27N. The molecule has 24 heavy (non-hydrogen) atoms. The Hall–Kier alpha value is -2.07. The molecule has 0 amide bonds. The second kappa shape index (κ2) is 7.67. The van der Waals surface area contributed by atoms with Crippen molar-refractivity contribution in [2.75, 3.05) is 0 Å². The predicted molar refractivity (Wildman–Crippen MR) is 100 cm³/mol. The van der Waals surface area contributed by atoms with Crippen molar-refractivity contribution in [3.63, 3.8) is 0 Å². The number of hydrogen-bond donors (Lipinski definition) is 0. The monoisotopic (exact) mass is 317 g/mol. The van der Waals surface area contributed by atoms with Crippen LogP contribution in [0.15, 0.2) is 48.5 Å². The maximum Gasteiger partial charge on any atom is 0.0991 e. The summed E-state index contributed by atoms with van der Waals surface area (Å²) in [6.45, 7) is 4.61. The first-order valence-corrected chi connectivity index (χ1v) is 9.25. The molecule has 1 fully saturated rings. The molecule has 0 heterocycles. The normalized spacial score (nSPS) is 20.8. The standard InChI is InChI=1S/C23H27N/c1-17(2)15-22-5-3-4-6-23(22)21-13-11-20(12-14-21)19-9-7-18(16-24)8-10-19/h3-10,17,20-21H,11-15H2,1-2H3. The minimum absolute atomic E-state index is 0.659. The molecule has 1 aliphatic carbocycles. The van der Waals surface area contributed by atoms with E-state index in [0.717, 1.165) is 11.5 Å². The summed E-state index contributed by atoms with van der Waals surface area (Å²) in [6, 6.07) is 19.5. The molecule has 124 valence electrons. The van der Waals surface area contributed by atoms with Gasteiger partial charge >= 0.3 is 0 Å². The number of rotatable bonds is 4. The Morgan fingerprint density at radius 2 is 1.54 bits per heavy atom. The number of nitrogens with zero attached hydrogens (tertiary/aromatic N) is 1. The van der Waals surface area contributed by atoms with Gasteiger partial charge in [-0.05, 0) is 78.7 Å². The first kappa shape index (κ1) is 16.8. The van der Waals surface area contributed by atoms with Crippen molar-refractivity contribution in [1.82, 2.24) is 0 Å². The predicted octanol–water partition coefficient (Wildman–Crippen LogP) is 6.20. The van der Waals surface area contributed by atoms with E-state index in [4.69, 9.17) is 5.26 Å². The molecule has 0 atom stereocenters. The minimum Gasteiger partial charge on any atom is -0.192 e. The van der Waals surface area contributed by atoms with E-state index in [0.29, 0.717) is 11.8 Å². The van der Waals surface area contributed by atoms with E-state index in [-0.39, 0.29) is 0 Å². The second-order valence-corrected chi connectivity index (χ2v) is 7.58. The van der Waals surface area contributed by atoms with Crippen LogP contribution in [-0.2, 0) is 6.42 Å². The third kappa shape index (κ3) is 3.88. The summed E-state index contributed by atoms with van der Waals surface area (Å²) in [6.07, 6.45) is 6.25. The Labute approximate surface area is 146 Å². The molecule has 0 bridgehead atoms. The summed E-state index contributed by atoms with van der Waals surface area (Å²) in [5, 5.41) is 8.94. The van der Waals surface area contributed by atoms with E-state index in [2.05, 4.69) is 56.3 Å². The van der Waals surface area contributed by atoms with Gasteiger partial charge in [-0.1, -0.05) is 50.2 Å². The van der Waals surface area contributed by atoms with E-state index in [1.54, 1.807) is 11.1 Å². The topological polar surface area (TPSA) is 23.8 Å². The molecular weight excluding hydrogens is 290 g/mol. The molecule has 1 saturated carbocycles. The zero-order chi connectivity index (χ0) is 16.9. The molecule has 0 aromatic heterocycles. The minimum atomic E-state index is 0.659. The maximum atomic E-state index is 8.94. The molecule has 0 radical (unpaired) electrons. The molecule has 0 saturated heterocycles. The lowest BCUT2D eigenvalue weighted by Gasteiger charge is -2.30. The van der Waals surface area contributed by atoms with Gasteiger partial charge in [0, 0.05) is 0 Å². The van der Waals surface area contributed by atoms with Crippen LogP contribution in [0.4, 0.5) is 0 Å². The highest BCUT2D eigenvalue weighted by Crippen LogP contribution is 2.41. The van der Waals surface area contributed by atoms with Crippen molar-refractivity contribution < 1.29 is 0 Å². The molecule has 1 nitrogen and oxygen atoms in total. The lowest BCUT2D eigenvalue weighted by Crippen LogP contribution is -2.14. The number of hydrogen-bond acceptors (Lipinski definition) is 1. The third-order valence-electron chi connectivity index (χ3n) is 5.36. The highest BCUT2D eigenvalue weighted by Gasteiger charge is 2.24. The van der Waals surface area contributed by atoms with Crippen LogP contribution < -0.4 is 0 Å². The van der Waals surface area contributed by atoms with Crippen molar-refractivity contribution in [3.8, 4) is 6.07 Å². The zero-order valence-electron chi connectivity index (χ0n) is 14.8. The van der Waals surface area contributed by atoms with Crippen LogP contribution in [0.5, 0.6) is 0 Å². The molecule has 3 rings (SSSR count). The first-order valence-electron chi connectivity index (χ1n) is 9.25. The van der Waals surface area contributed by atoms with Crippen molar-refractivity contribution in [2.45, 2.75) is 57.8 Å². The van der Waals surface area contributed by atoms with E-state index < -0.39 is 0 Å². The van der Waals surface area contributed by atoms with Gasteiger partial charge in [0.2, 0.25) is 0 Å². The van der Waals surface area contributed by atoms with Gasteiger partial charge in [-0.2, -0.15) is 5.26 Å². The van der Waals surface area contributed by atoms with Gasteiger partial charge in [-0.25, -0.2) is 0 Å². The van der Waals surface area contributed by atoms with Crippen LogP contribution in [0.1, 0.15) is 73.6 Å². The Balaban J connectivity index is 1.68. The average Bonchev–Trinajstić information content (AvgIpc) is 2.62. The quantitative estimate of drug-likeness (QED) is 0.658. The third-order valence-corrected chi connectivity index (χ3v) is 5.36. The zero-order valence-corrected chi connectivity index (χ0v) is 14.8. The Morgan fingerprint density at radius 3 is 2.17 bits per heavy atom. The molecule has 0 aliphatic heterocycles. The van der Waals surface area contributed by atoms with Gasteiger partial charge in [-0.3, -0.25) is 0 Å². The van der Waals surface area contributed by atoms with Crippen LogP contribution in [0.2, 0.25) is 0 Å².